The number of rotatable bonds is 7. The number of methoxy groups -OCH3 is 1. The second-order valence-corrected chi connectivity index (χ2v) is 5.78. The molecule has 4 heteroatoms. The van der Waals surface area contributed by atoms with Gasteiger partial charge in [-0.05, 0) is 38.3 Å². The van der Waals surface area contributed by atoms with E-state index in [1.807, 2.05) is 6.20 Å². The molecule has 0 amide bonds. The molecule has 1 aromatic rings. The van der Waals surface area contributed by atoms with E-state index in [9.17, 15) is 0 Å². The number of ether oxygens (including phenoxy) is 1. The molecule has 0 aromatic carbocycles. The highest BCUT2D eigenvalue weighted by Crippen LogP contribution is 2.41. The van der Waals surface area contributed by atoms with Gasteiger partial charge in [-0.15, -0.1) is 0 Å². The van der Waals surface area contributed by atoms with Crippen molar-refractivity contribution < 1.29 is 4.74 Å². The van der Waals surface area contributed by atoms with E-state index in [0.717, 1.165) is 31.8 Å². The Kier molecular flexibility index (Phi) is 5.89. The fraction of sp³-hybridized carbons (Fsp3) is 0.812. The highest BCUT2D eigenvalue weighted by atomic mass is 16.5. The molecule has 0 spiro atoms. The number of aromatic nitrogens is 2. The van der Waals surface area contributed by atoms with Gasteiger partial charge in [-0.25, -0.2) is 0 Å². The summed E-state index contributed by atoms with van der Waals surface area (Å²) >= 11 is 0. The van der Waals surface area contributed by atoms with E-state index >= 15 is 0 Å². The molecule has 0 bridgehead atoms. The minimum atomic E-state index is 0.590. The van der Waals surface area contributed by atoms with Gasteiger partial charge in [0.2, 0.25) is 0 Å². The van der Waals surface area contributed by atoms with Gasteiger partial charge >= 0.3 is 0 Å². The first-order valence-corrected chi connectivity index (χ1v) is 8.12. The van der Waals surface area contributed by atoms with E-state index < -0.39 is 0 Å². The first kappa shape index (κ1) is 15.4. The molecule has 0 saturated heterocycles. The first-order chi connectivity index (χ1) is 9.81. The van der Waals surface area contributed by atoms with Crippen LogP contribution in [0, 0.1) is 5.92 Å². The zero-order valence-corrected chi connectivity index (χ0v) is 13.2. The van der Waals surface area contributed by atoms with Gasteiger partial charge in [0.1, 0.15) is 0 Å². The van der Waals surface area contributed by atoms with Crippen LogP contribution in [0.2, 0.25) is 0 Å². The van der Waals surface area contributed by atoms with Crippen molar-refractivity contribution in [2.45, 2.75) is 58.4 Å². The van der Waals surface area contributed by atoms with E-state index in [2.05, 4.69) is 28.9 Å². The van der Waals surface area contributed by atoms with Crippen molar-refractivity contribution in [3.05, 3.63) is 11.9 Å². The molecule has 1 fully saturated rings. The van der Waals surface area contributed by atoms with Crippen LogP contribution in [0.4, 0.5) is 0 Å². The van der Waals surface area contributed by atoms with Gasteiger partial charge in [0.15, 0.2) is 5.75 Å². The highest BCUT2D eigenvalue weighted by Gasteiger charge is 2.31. The van der Waals surface area contributed by atoms with Crippen LogP contribution in [-0.4, -0.2) is 30.0 Å². The summed E-state index contributed by atoms with van der Waals surface area (Å²) in [5.41, 5.74) is 1.33. The highest BCUT2D eigenvalue weighted by molar-refractivity contribution is 5.30. The van der Waals surface area contributed by atoms with E-state index in [4.69, 9.17) is 4.74 Å². The van der Waals surface area contributed by atoms with Crippen molar-refractivity contribution in [3.63, 3.8) is 0 Å². The molecule has 4 nitrogen and oxygen atoms in total. The van der Waals surface area contributed by atoms with Crippen LogP contribution in [0.25, 0.3) is 0 Å². The summed E-state index contributed by atoms with van der Waals surface area (Å²) in [6, 6.07) is 0. The molecule has 2 atom stereocenters. The Morgan fingerprint density at radius 1 is 1.35 bits per heavy atom. The van der Waals surface area contributed by atoms with Crippen molar-refractivity contribution in [2.75, 3.05) is 20.2 Å². The third-order valence-electron chi connectivity index (χ3n) is 4.42. The summed E-state index contributed by atoms with van der Waals surface area (Å²) in [6.45, 7) is 7.54. The van der Waals surface area contributed by atoms with Gasteiger partial charge < -0.3 is 10.1 Å². The topological polar surface area (TPSA) is 39.1 Å². The maximum absolute atomic E-state index is 5.57. The zero-order chi connectivity index (χ0) is 14.4. The molecular weight excluding hydrogens is 250 g/mol. The van der Waals surface area contributed by atoms with Crippen LogP contribution in [0.1, 0.15) is 57.6 Å². The van der Waals surface area contributed by atoms with Gasteiger partial charge in [0.05, 0.1) is 19.0 Å². The van der Waals surface area contributed by atoms with Gasteiger partial charge in [0, 0.05) is 12.5 Å². The van der Waals surface area contributed by atoms with Crippen LogP contribution in [0.3, 0.4) is 0 Å². The molecule has 114 valence electrons. The second-order valence-electron chi connectivity index (χ2n) is 5.78. The summed E-state index contributed by atoms with van der Waals surface area (Å²) in [6.07, 6.45) is 8.27. The number of nitrogens with zero attached hydrogens (tertiary/aromatic N) is 2. The minimum absolute atomic E-state index is 0.590. The molecule has 1 aliphatic rings. The van der Waals surface area contributed by atoms with Gasteiger partial charge in [-0.1, -0.05) is 26.7 Å². The number of nitrogens with one attached hydrogen (secondary N) is 1. The Morgan fingerprint density at radius 3 is 2.85 bits per heavy atom. The Labute approximate surface area is 122 Å². The van der Waals surface area contributed by atoms with Crippen LogP contribution in [-0.2, 0) is 6.54 Å². The summed E-state index contributed by atoms with van der Waals surface area (Å²) in [7, 11) is 1.76. The largest absolute Gasteiger partial charge is 0.493 e. The van der Waals surface area contributed by atoms with Crippen LogP contribution < -0.4 is 10.1 Å². The first-order valence-electron chi connectivity index (χ1n) is 8.12. The van der Waals surface area contributed by atoms with E-state index in [1.165, 1.54) is 31.4 Å². The standard InChI is InChI=1S/C16H29N3O/c1-4-10-19-16(15(20-3)12-18-19)14-9-7-6-8-13(14)11-17-5-2/h12-14,17H,4-11H2,1-3H3. The Balaban J connectivity index is 2.23. The monoisotopic (exact) mass is 279 g/mol. The molecule has 1 aliphatic carbocycles. The van der Waals surface area contributed by atoms with Crippen LogP contribution in [0.15, 0.2) is 6.20 Å². The summed E-state index contributed by atoms with van der Waals surface area (Å²) in [4.78, 5) is 0. The maximum Gasteiger partial charge on any atom is 0.160 e. The number of aryl methyl sites for hydroxylation is 1. The van der Waals surface area contributed by atoms with Crippen molar-refractivity contribution in [3.8, 4) is 5.75 Å². The Morgan fingerprint density at radius 2 is 2.15 bits per heavy atom. The fourth-order valence-electron chi connectivity index (χ4n) is 3.44. The zero-order valence-electron chi connectivity index (χ0n) is 13.2. The third-order valence-corrected chi connectivity index (χ3v) is 4.42. The molecule has 2 unspecified atom stereocenters. The minimum Gasteiger partial charge on any atom is -0.493 e. The van der Waals surface area contributed by atoms with E-state index in [1.54, 1.807) is 7.11 Å². The van der Waals surface area contributed by atoms with Crippen LogP contribution in [0.5, 0.6) is 5.75 Å². The van der Waals surface area contributed by atoms with Gasteiger partial charge in [0.25, 0.3) is 0 Å². The predicted octanol–water partition coefficient (Wildman–Crippen LogP) is 3.19. The predicted molar refractivity (Wildman–Crippen MR) is 82.3 cm³/mol. The molecule has 1 saturated carbocycles. The molecule has 2 rings (SSSR count). The van der Waals surface area contributed by atoms with Crippen molar-refractivity contribution in [1.29, 1.82) is 0 Å². The fourth-order valence-corrected chi connectivity index (χ4v) is 3.44. The molecular formula is C16H29N3O. The smallest absolute Gasteiger partial charge is 0.160 e. The maximum atomic E-state index is 5.57. The summed E-state index contributed by atoms with van der Waals surface area (Å²) < 4.78 is 7.75. The third kappa shape index (κ3) is 3.35. The van der Waals surface area contributed by atoms with E-state index in [0.29, 0.717) is 11.8 Å². The molecule has 0 radical (unpaired) electrons. The average molecular weight is 279 g/mol. The molecule has 0 aliphatic heterocycles. The number of hydrogen-bond acceptors (Lipinski definition) is 3. The molecule has 20 heavy (non-hydrogen) atoms. The van der Waals surface area contributed by atoms with Gasteiger partial charge in [-0.3, -0.25) is 4.68 Å². The van der Waals surface area contributed by atoms with E-state index in [-0.39, 0.29) is 0 Å². The summed E-state index contributed by atoms with van der Waals surface area (Å²) in [5.74, 6) is 2.28. The molecule has 1 heterocycles. The SMILES string of the molecule is CCCn1ncc(OC)c1C1CCCCC1CNCC. The van der Waals surface area contributed by atoms with Crippen LogP contribution >= 0.6 is 0 Å². The Hall–Kier alpha value is -1.03. The lowest BCUT2D eigenvalue weighted by atomic mass is 9.77. The van der Waals surface area contributed by atoms with Crippen molar-refractivity contribution in [1.82, 2.24) is 15.1 Å². The van der Waals surface area contributed by atoms with Crippen molar-refractivity contribution in [2.24, 2.45) is 5.92 Å². The average Bonchev–Trinajstić information content (AvgIpc) is 2.88. The quantitative estimate of drug-likeness (QED) is 0.833. The molecule has 1 aromatic heterocycles. The normalized spacial score (nSPS) is 22.9. The second kappa shape index (κ2) is 7.67. The van der Waals surface area contributed by atoms with Gasteiger partial charge in [-0.2, -0.15) is 5.10 Å². The van der Waals surface area contributed by atoms with Crippen molar-refractivity contribution >= 4 is 0 Å². The molecule has 1 N–H and O–H groups in total. The lowest BCUT2D eigenvalue weighted by molar-refractivity contribution is 0.276. The summed E-state index contributed by atoms with van der Waals surface area (Å²) in [5, 5.41) is 8.07. The number of hydrogen-bond donors (Lipinski definition) is 1. The Bertz CT molecular complexity index is 402. The lowest BCUT2D eigenvalue weighted by Gasteiger charge is -2.32. The lowest BCUT2D eigenvalue weighted by Crippen LogP contribution is -2.30.